The number of nitrogens with zero attached hydrogens (tertiary/aromatic N) is 3. The van der Waals surface area contributed by atoms with Crippen molar-refractivity contribution in [3.8, 4) is 0 Å². The van der Waals surface area contributed by atoms with Crippen LogP contribution in [-0.2, 0) is 6.54 Å². The Hall–Kier alpha value is -0.810. The van der Waals surface area contributed by atoms with Crippen LogP contribution in [-0.4, -0.2) is 46.5 Å². The van der Waals surface area contributed by atoms with Gasteiger partial charge in [-0.05, 0) is 34.1 Å². The Balaban J connectivity index is 2.71. The summed E-state index contributed by atoms with van der Waals surface area (Å²) in [5, 5.41) is 3.24. The van der Waals surface area contributed by atoms with Crippen molar-refractivity contribution in [2.24, 2.45) is 0 Å². The number of hydrogen-bond donors (Lipinski definition) is 1. The Bertz CT molecular complexity index is 370. The van der Waals surface area contributed by atoms with Gasteiger partial charge in [-0.25, -0.2) is 9.97 Å². The fourth-order valence-corrected chi connectivity index (χ4v) is 2.46. The third-order valence-corrected chi connectivity index (χ3v) is 3.63. The van der Waals surface area contributed by atoms with Gasteiger partial charge in [-0.3, -0.25) is 4.90 Å². The highest BCUT2D eigenvalue weighted by molar-refractivity contribution is 7.98. The van der Waals surface area contributed by atoms with Crippen molar-refractivity contribution in [2.45, 2.75) is 33.4 Å². The molecule has 1 aromatic heterocycles. The predicted molar refractivity (Wildman–Crippen MR) is 80.2 cm³/mol. The first-order chi connectivity index (χ1) is 8.56. The van der Waals surface area contributed by atoms with E-state index in [0.29, 0.717) is 6.04 Å². The van der Waals surface area contributed by atoms with Gasteiger partial charge in [0.1, 0.15) is 11.6 Å². The number of hydrogen-bond acceptors (Lipinski definition) is 5. The van der Waals surface area contributed by atoms with Gasteiger partial charge < -0.3 is 5.32 Å². The average molecular weight is 268 g/mol. The van der Waals surface area contributed by atoms with Crippen LogP contribution < -0.4 is 5.32 Å². The Morgan fingerprint density at radius 3 is 2.78 bits per heavy atom. The van der Waals surface area contributed by atoms with Crippen LogP contribution in [0.1, 0.15) is 25.4 Å². The van der Waals surface area contributed by atoms with E-state index in [2.05, 4.69) is 47.3 Å². The van der Waals surface area contributed by atoms with Crippen LogP contribution in [0.5, 0.6) is 0 Å². The van der Waals surface area contributed by atoms with Crippen molar-refractivity contribution in [1.82, 2.24) is 14.9 Å². The fraction of sp³-hybridized carbons (Fsp3) is 0.692. The molecule has 1 heterocycles. The lowest BCUT2D eigenvalue weighted by atomic mass is 10.3. The summed E-state index contributed by atoms with van der Waals surface area (Å²) >= 11 is 1.87. The third-order valence-electron chi connectivity index (χ3n) is 2.81. The number of aryl methyl sites for hydroxylation is 1. The third kappa shape index (κ3) is 4.82. The summed E-state index contributed by atoms with van der Waals surface area (Å²) < 4.78 is 0. The molecule has 1 aromatic rings. The van der Waals surface area contributed by atoms with Crippen molar-refractivity contribution >= 4 is 17.6 Å². The van der Waals surface area contributed by atoms with Crippen molar-refractivity contribution in [3.05, 3.63) is 17.6 Å². The quantitative estimate of drug-likeness (QED) is 0.822. The molecule has 1 unspecified atom stereocenters. The molecule has 0 amide bonds. The molecule has 0 saturated heterocycles. The van der Waals surface area contributed by atoms with E-state index in [1.165, 1.54) is 0 Å². The van der Waals surface area contributed by atoms with E-state index in [4.69, 9.17) is 0 Å². The summed E-state index contributed by atoms with van der Waals surface area (Å²) in [4.78, 5) is 11.3. The van der Waals surface area contributed by atoms with Crippen LogP contribution in [0.25, 0.3) is 0 Å². The zero-order chi connectivity index (χ0) is 13.5. The van der Waals surface area contributed by atoms with E-state index in [1.807, 2.05) is 24.8 Å². The standard InChI is InChI=1S/C13H24N4S/c1-6-14-12-7-10(2)15-13(16-12)8-17(4)11(3)9-18-5/h7,11H,6,8-9H2,1-5H3,(H,14,15,16). The molecule has 4 nitrogen and oxygen atoms in total. The first-order valence-electron chi connectivity index (χ1n) is 6.34. The molecule has 0 bridgehead atoms. The first kappa shape index (κ1) is 15.2. The van der Waals surface area contributed by atoms with Gasteiger partial charge in [0.15, 0.2) is 0 Å². The van der Waals surface area contributed by atoms with Crippen LogP contribution in [0, 0.1) is 6.92 Å². The van der Waals surface area contributed by atoms with Crippen molar-refractivity contribution in [2.75, 3.05) is 30.9 Å². The molecule has 0 aliphatic rings. The Kier molecular flexibility index (Phi) is 6.43. The molecule has 0 aliphatic carbocycles. The van der Waals surface area contributed by atoms with Crippen LogP contribution in [0.4, 0.5) is 5.82 Å². The van der Waals surface area contributed by atoms with Crippen molar-refractivity contribution in [1.29, 1.82) is 0 Å². The zero-order valence-electron chi connectivity index (χ0n) is 12.0. The molecule has 0 aliphatic heterocycles. The van der Waals surface area contributed by atoms with Gasteiger partial charge in [0, 0.05) is 30.1 Å². The molecular formula is C13H24N4S. The van der Waals surface area contributed by atoms with Gasteiger partial charge in [-0.2, -0.15) is 11.8 Å². The lowest BCUT2D eigenvalue weighted by Crippen LogP contribution is -2.31. The highest BCUT2D eigenvalue weighted by Gasteiger charge is 2.11. The molecule has 0 fully saturated rings. The van der Waals surface area contributed by atoms with Gasteiger partial charge in [0.25, 0.3) is 0 Å². The highest BCUT2D eigenvalue weighted by Crippen LogP contribution is 2.10. The molecule has 1 atom stereocenters. The number of thioether (sulfide) groups is 1. The second-order valence-electron chi connectivity index (χ2n) is 4.56. The molecule has 18 heavy (non-hydrogen) atoms. The molecule has 102 valence electrons. The summed E-state index contributed by atoms with van der Waals surface area (Å²) in [6, 6.07) is 2.52. The second-order valence-corrected chi connectivity index (χ2v) is 5.47. The largest absolute Gasteiger partial charge is 0.370 e. The Morgan fingerprint density at radius 2 is 2.17 bits per heavy atom. The first-order valence-corrected chi connectivity index (χ1v) is 7.73. The highest BCUT2D eigenvalue weighted by atomic mass is 32.2. The van der Waals surface area contributed by atoms with Crippen LogP contribution in [0.15, 0.2) is 6.07 Å². The van der Waals surface area contributed by atoms with Gasteiger partial charge in [-0.1, -0.05) is 0 Å². The SMILES string of the molecule is CCNc1cc(C)nc(CN(C)C(C)CSC)n1. The Morgan fingerprint density at radius 1 is 1.44 bits per heavy atom. The van der Waals surface area contributed by atoms with Gasteiger partial charge in [0.05, 0.1) is 6.54 Å². The molecule has 1 N–H and O–H groups in total. The summed E-state index contributed by atoms with van der Waals surface area (Å²) in [7, 11) is 2.12. The number of aromatic nitrogens is 2. The monoisotopic (exact) mass is 268 g/mol. The van der Waals surface area contributed by atoms with E-state index in [-0.39, 0.29) is 0 Å². The Labute approximate surface area is 115 Å². The number of rotatable bonds is 7. The van der Waals surface area contributed by atoms with Gasteiger partial charge in [-0.15, -0.1) is 0 Å². The molecule has 0 spiro atoms. The summed E-state index contributed by atoms with van der Waals surface area (Å²) in [6.07, 6.45) is 2.14. The number of nitrogens with one attached hydrogen (secondary N) is 1. The number of anilines is 1. The summed E-state index contributed by atoms with van der Waals surface area (Å²) in [5.41, 5.74) is 1.02. The van der Waals surface area contributed by atoms with Gasteiger partial charge >= 0.3 is 0 Å². The summed E-state index contributed by atoms with van der Waals surface area (Å²) in [5.74, 6) is 2.94. The molecule has 0 aromatic carbocycles. The topological polar surface area (TPSA) is 41.1 Å². The minimum Gasteiger partial charge on any atom is -0.370 e. The van der Waals surface area contributed by atoms with Crippen LogP contribution in [0.3, 0.4) is 0 Å². The molecule has 0 saturated carbocycles. The maximum Gasteiger partial charge on any atom is 0.144 e. The smallest absolute Gasteiger partial charge is 0.144 e. The average Bonchev–Trinajstić information content (AvgIpc) is 2.28. The molecule has 0 radical (unpaired) electrons. The van der Waals surface area contributed by atoms with E-state index in [9.17, 15) is 0 Å². The normalized spacial score (nSPS) is 12.8. The van der Waals surface area contributed by atoms with Gasteiger partial charge in [0.2, 0.25) is 0 Å². The lowest BCUT2D eigenvalue weighted by Gasteiger charge is -2.23. The van der Waals surface area contributed by atoms with Crippen LogP contribution in [0.2, 0.25) is 0 Å². The van der Waals surface area contributed by atoms with E-state index < -0.39 is 0 Å². The molecule has 1 rings (SSSR count). The maximum absolute atomic E-state index is 4.54. The minimum absolute atomic E-state index is 0.534. The summed E-state index contributed by atoms with van der Waals surface area (Å²) in [6.45, 7) is 8.00. The van der Waals surface area contributed by atoms with Crippen LogP contribution >= 0.6 is 11.8 Å². The molecule has 5 heteroatoms. The van der Waals surface area contributed by atoms with E-state index in [0.717, 1.165) is 36.2 Å². The van der Waals surface area contributed by atoms with Crippen molar-refractivity contribution in [3.63, 3.8) is 0 Å². The predicted octanol–water partition coefficient (Wildman–Crippen LogP) is 2.40. The zero-order valence-corrected chi connectivity index (χ0v) is 12.8. The molecular weight excluding hydrogens is 244 g/mol. The fourth-order valence-electron chi connectivity index (χ4n) is 1.72. The maximum atomic E-state index is 4.54. The second kappa shape index (κ2) is 7.59. The van der Waals surface area contributed by atoms with E-state index in [1.54, 1.807) is 0 Å². The van der Waals surface area contributed by atoms with Crippen molar-refractivity contribution < 1.29 is 0 Å². The lowest BCUT2D eigenvalue weighted by molar-refractivity contribution is 0.263. The van der Waals surface area contributed by atoms with E-state index >= 15 is 0 Å². The minimum atomic E-state index is 0.534.